The van der Waals surface area contributed by atoms with Crippen LogP contribution >= 0.6 is 0 Å². The van der Waals surface area contributed by atoms with Crippen molar-refractivity contribution in [3.63, 3.8) is 0 Å². The summed E-state index contributed by atoms with van der Waals surface area (Å²) in [6, 6.07) is 0. The second-order valence-corrected chi connectivity index (χ2v) is 2.64. The predicted octanol–water partition coefficient (Wildman–Crippen LogP) is 0.775. The van der Waals surface area contributed by atoms with Crippen molar-refractivity contribution in [3.8, 4) is 0 Å². The van der Waals surface area contributed by atoms with Gasteiger partial charge in [-0.2, -0.15) is 0 Å². The minimum atomic E-state index is -5.37. The predicted molar refractivity (Wildman–Crippen MR) is 19.5 cm³/mol. The molecule has 0 saturated heterocycles. The fourth-order valence-corrected chi connectivity index (χ4v) is 0. The van der Waals surface area contributed by atoms with Crippen LogP contribution in [-0.4, -0.2) is 27.7 Å². The fourth-order valence-electron chi connectivity index (χ4n) is 0. The Kier molecular flexibility index (Phi) is 1.91. The van der Waals surface area contributed by atoms with Crippen LogP contribution < -0.4 is 0 Å². The topological polar surface area (TPSA) is 0 Å². The molecular formula is C2H2AsF5. The molecule has 0 aliphatic rings. The van der Waals surface area contributed by atoms with Gasteiger partial charge in [0.1, 0.15) is 0 Å². The Morgan fingerprint density at radius 3 is 1.00 bits per heavy atom. The quantitative estimate of drug-likeness (QED) is 0.396. The molecule has 0 heterocycles. The van der Waals surface area contributed by atoms with Gasteiger partial charge in [-0.05, 0) is 0 Å². The van der Waals surface area contributed by atoms with E-state index in [1.807, 2.05) is 0 Å². The van der Waals surface area contributed by atoms with Gasteiger partial charge in [-0.1, -0.05) is 0 Å². The van der Waals surface area contributed by atoms with E-state index in [2.05, 4.69) is 0 Å². The van der Waals surface area contributed by atoms with Crippen molar-refractivity contribution in [2.24, 2.45) is 0 Å². The second-order valence-electron chi connectivity index (χ2n) is 1.12. The molecule has 0 nitrogen and oxygen atoms in total. The first kappa shape index (κ1) is 8.21. The molecule has 0 N–H and O–H groups in total. The van der Waals surface area contributed by atoms with Crippen molar-refractivity contribution in [2.75, 3.05) is 0 Å². The number of halogens is 5. The molecule has 0 fully saturated rings. The zero-order chi connectivity index (χ0) is 7.00. The molecule has 0 amide bonds. The Bertz CT molecular complexity index is 65.4. The number of hydrogen-bond donors (Lipinski definition) is 0. The Balaban J connectivity index is 4.02. The van der Waals surface area contributed by atoms with Crippen molar-refractivity contribution in [1.29, 1.82) is 0 Å². The summed E-state index contributed by atoms with van der Waals surface area (Å²) in [4.78, 5) is 0. The molecular weight excluding hydrogens is 194 g/mol. The van der Waals surface area contributed by atoms with Crippen molar-refractivity contribution in [1.82, 2.24) is 0 Å². The van der Waals surface area contributed by atoms with Crippen LogP contribution in [0.1, 0.15) is 0 Å². The van der Waals surface area contributed by atoms with E-state index in [0.717, 1.165) is 0 Å². The molecule has 0 aliphatic heterocycles. The first-order valence-corrected chi connectivity index (χ1v) is 2.69. The molecule has 1 atom stereocenters. The van der Waals surface area contributed by atoms with Crippen molar-refractivity contribution in [2.45, 2.75) is 10.9 Å². The van der Waals surface area contributed by atoms with E-state index < -0.39 is 27.7 Å². The summed E-state index contributed by atoms with van der Waals surface area (Å²) in [5.41, 5.74) is 0. The van der Waals surface area contributed by atoms with Gasteiger partial charge in [0, 0.05) is 0 Å². The van der Waals surface area contributed by atoms with Crippen LogP contribution in [0.15, 0.2) is 0 Å². The summed E-state index contributed by atoms with van der Waals surface area (Å²) >= 11 is -0.630. The fraction of sp³-hybridized carbons (Fsp3) is 1.00. The zero-order valence-corrected chi connectivity index (χ0v) is 5.89. The molecule has 0 aromatic carbocycles. The molecule has 0 radical (unpaired) electrons. The van der Waals surface area contributed by atoms with Crippen LogP contribution in [0.4, 0.5) is 22.0 Å². The van der Waals surface area contributed by atoms with Crippen molar-refractivity contribution >= 4 is 16.9 Å². The average molecular weight is 196 g/mol. The van der Waals surface area contributed by atoms with Gasteiger partial charge in [0.25, 0.3) is 0 Å². The van der Waals surface area contributed by atoms with Gasteiger partial charge >= 0.3 is 49.7 Å². The van der Waals surface area contributed by atoms with Gasteiger partial charge < -0.3 is 0 Å². The number of hydrogen-bond acceptors (Lipinski definition) is 0. The van der Waals surface area contributed by atoms with Crippen molar-refractivity contribution in [3.05, 3.63) is 0 Å². The molecule has 8 heavy (non-hydrogen) atoms. The van der Waals surface area contributed by atoms with E-state index in [0.29, 0.717) is 0 Å². The molecule has 0 bridgehead atoms. The monoisotopic (exact) mass is 196 g/mol. The van der Waals surface area contributed by atoms with Gasteiger partial charge in [-0.25, -0.2) is 0 Å². The molecule has 0 aromatic heterocycles. The van der Waals surface area contributed by atoms with Crippen LogP contribution in [0.3, 0.4) is 0 Å². The Morgan fingerprint density at radius 2 is 1.00 bits per heavy atom. The Hall–Kier alpha value is 0.208. The van der Waals surface area contributed by atoms with Crippen molar-refractivity contribution < 1.29 is 22.0 Å². The Labute approximate surface area is 50.6 Å². The van der Waals surface area contributed by atoms with Crippen LogP contribution in [0.25, 0.3) is 0 Å². The summed E-state index contributed by atoms with van der Waals surface area (Å²) in [5, 5.41) is 0. The van der Waals surface area contributed by atoms with Crippen LogP contribution in [0.5, 0.6) is 0 Å². The molecule has 0 rings (SSSR count). The van der Waals surface area contributed by atoms with Gasteiger partial charge in [0.2, 0.25) is 0 Å². The van der Waals surface area contributed by atoms with Gasteiger partial charge in [0.15, 0.2) is 0 Å². The average Bonchev–Trinajstić information content (AvgIpc) is 1.25. The maximum absolute atomic E-state index is 11.1. The minimum absolute atomic E-state index is 0.630. The third-order valence-corrected chi connectivity index (χ3v) is 1.06. The third-order valence-electron chi connectivity index (χ3n) is 0.378. The summed E-state index contributed by atoms with van der Waals surface area (Å²) < 4.78 is 50.2. The van der Waals surface area contributed by atoms with Gasteiger partial charge in [-0.3, -0.25) is 0 Å². The van der Waals surface area contributed by atoms with Crippen LogP contribution in [0.2, 0.25) is 0 Å². The summed E-state index contributed by atoms with van der Waals surface area (Å²) in [6.07, 6.45) is -5.37. The molecule has 0 aromatic rings. The first-order chi connectivity index (χ1) is 3.25. The summed E-state index contributed by atoms with van der Waals surface area (Å²) in [5.74, 6) is 0. The van der Waals surface area contributed by atoms with E-state index in [1.54, 1.807) is 0 Å². The molecule has 6 heteroatoms. The molecule has 0 saturated carbocycles. The maximum atomic E-state index is 11.1. The normalized spacial score (nSPS) is 14.2. The molecule has 50 valence electrons. The summed E-state index contributed by atoms with van der Waals surface area (Å²) in [7, 11) is 0. The van der Waals surface area contributed by atoms with E-state index in [9.17, 15) is 22.0 Å². The molecule has 0 spiro atoms. The zero-order valence-electron chi connectivity index (χ0n) is 3.47. The van der Waals surface area contributed by atoms with E-state index in [-0.39, 0.29) is 0 Å². The third kappa shape index (κ3) is 1.99. The summed E-state index contributed by atoms with van der Waals surface area (Å²) in [6.45, 7) is 0. The number of rotatable bonds is 0. The van der Waals surface area contributed by atoms with Gasteiger partial charge in [0.05, 0.1) is 0 Å². The number of alkyl halides is 5. The van der Waals surface area contributed by atoms with E-state index in [4.69, 9.17) is 0 Å². The first-order valence-electron chi connectivity index (χ1n) is 1.48. The second kappa shape index (κ2) is 1.86. The standard InChI is InChI=1S/C2H2AsF5/c3-1(4,5)2(6,7)8/h3H2. The van der Waals surface area contributed by atoms with Crippen LogP contribution in [0, 0.1) is 0 Å². The van der Waals surface area contributed by atoms with Gasteiger partial charge in [-0.15, -0.1) is 0 Å². The molecule has 1 unspecified atom stereocenters. The van der Waals surface area contributed by atoms with E-state index >= 15 is 0 Å². The Morgan fingerprint density at radius 1 is 0.875 bits per heavy atom. The van der Waals surface area contributed by atoms with Crippen LogP contribution in [-0.2, 0) is 0 Å². The molecule has 0 aliphatic carbocycles. The van der Waals surface area contributed by atoms with E-state index in [1.165, 1.54) is 0 Å². The SMILES string of the molecule is FC(F)(F)C(F)(F)[AsH2].